The van der Waals surface area contributed by atoms with E-state index in [4.69, 9.17) is 10.00 Å². The highest BCUT2D eigenvalue weighted by molar-refractivity contribution is 5.89. The Morgan fingerprint density at radius 1 is 1.29 bits per heavy atom. The Labute approximate surface area is 137 Å². The van der Waals surface area contributed by atoms with Crippen LogP contribution in [-0.4, -0.2) is 15.4 Å². The molecule has 0 aliphatic carbocycles. The predicted molar refractivity (Wildman–Crippen MR) is 86.5 cm³/mol. The molecule has 6 heteroatoms. The van der Waals surface area contributed by atoms with Crippen molar-refractivity contribution in [3.63, 3.8) is 0 Å². The maximum Gasteiger partial charge on any atom is 0.338 e. The predicted octanol–water partition coefficient (Wildman–Crippen LogP) is 2.23. The molecule has 0 saturated heterocycles. The van der Waals surface area contributed by atoms with Gasteiger partial charge >= 0.3 is 5.97 Å². The van der Waals surface area contributed by atoms with Gasteiger partial charge in [0.25, 0.3) is 5.56 Å². The van der Waals surface area contributed by atoms with Crippen LogP contribution in [0.25, 0.3) is 5.65 Å². The van der Waals surface area contributed by atoms with Gasteiger partial charge in [0.1, 0.15) is 12.3 Å². The van der Waals surface area contributed by atoms with Gasteiger partial charge in [-0.05, 0) is 36.8 Å². The number of carbonyl (C=O) groups excluding carboxylic acids is 1. The molecule has 0 radical (unpaired) electrons. The lowest BCUT2D eigenvalue weighted by Gasteiger charge is -2.07. The molecule has 0 aliphatic heterocycles. The number of hydrogen-bond donors (Lipinski definition) is 0. The molecule has 3 aromatic rings. The summed E-state index contributed by atoms with van der Waals surface area (Å²) in [6, 6.07) is 13.1. The molecule has 0 saturated carbocycles. The smallest absolute Gasteiger partial charge is 0.338 e. The fourth-order valence-electron chi connectivity index (χ4n) is 2.27. The van der Waals surface area contributed by atoms with Gasteiger partial charge < -0.3 is 4.74 Å². The van der Waals surface area contributed by atoms with Gasteiger partial charge in [-0.25, -0.2) is 9.78 Å². The van der Waals surface area contributed by atoms with E-state index >= 15 is 0 Å². The molecule has 2 heterocycles. The molecule has 3 rings (SSSR count). The van der Waals surface area contributed by atoms with Crippen molar-refractivity contribution in [1.82, 2.24) is 9.38 Å². The van der Waals surface area contributed by atoms with E-state index in [1.54, 1.807) is 30.5 Å². The summed E-state index contributed by atoms with van der Waals surface area (Å²) in [6.45, 7) is 1.77. The molecule has 1 aromatic carbocycles. The van der Waals surface area contributed by atoms with Crippen LogP contribution in [0.3, 0.4) is 0 Å². The van der Waals surface area contributed by atoms with Crippen LogP contribution in [0.2, 0.25) is 0 Å². The topological polar surface area (TPSA) is 84.5 Å². The summed E-state index contributed by atoms with van der Waals surface area (Å²) in [5.74, 6) is -0.571. The van der Waals surface area contributed by atoms with E-state index < -0.39 is 5.97 Å². The van der Waals surface area contributed by atoms with Crippen LogP contribution in [0.1, 0.15) is 27.2 Å². The minimum atomic E-state index is -0.571. The molecule has 0 unspecified atom stereocenters. The Balaban J connectivity index is 1.80. The minimum absolute atomic E-state index is 0.116. The van der Waals surface area contributed by atoms with Gasteiger partial charge in [0.2, 0.25) is 0 Å². The average molecular weight is 319 g/mol. The summed E-state index contributed by atoms with van der Waals surface area (Å²) >= 11 is 0. The first kappa shape index (κ1) is 15.4. The first-order valence-electron chi connectivity index (χ1n) is 7.23. The lowest BCUT2D eigenvalue weighted by Crippen LogP contribution is -2.17. The van der Waals surface area contributed by atoms with Gasteiger partial charge in [0, 0.05) is 12.3 Å². The zero-order chi connectivity index (χ0) is 17.1. The van der Waals surface area contributed by atoms with Crippen LogP contribution in [0.4, 0.5) is 0 Å². The van der Waals surface area contributed by atoms with Crippen LogP contribution >= 0.6 is 0 Å². The number of aryl methyl sites for hydroxylation is 1. The van der Waals surface area contributed by atoms with Crippen molar-refractivity contribution in [2.45, 2.75) is 13.5 Å². The molecule has 0 N–H and O–H groups in total. The third kappa shape index (κ3) is 3.15. The maximum atomic E-state index is 12.1. The first-order valence-corrected chi connectivity index (χ1v) is 7.23. The van der Waals surface area contributed by atoms with Gasteiger partial charge in [-0.3, -0.25) is 9.20 Å². The Kier molecular flexibility index (Phi) is 4.08. The highest BCUT2D eigenvalue weighted by Crippen LogP contribution is 2.08. The van der Waals surface area contributed by atoms with Gasteiger partial charge in [-0.15, -0.1) is 0 Å². The zero-order valence-corrected chi connectivity index (χ0v) is 12.9. The molecule has 0 atom stereocenters. The van der Waals surface area contributed by atoms with E-state index in [1.807, 2.05) is 19.1 Å². The lowest BCUT2D eigenvalue weighted by atomic mass is 10.1. The summed E-state index contributed by atoms with van der Waals surface area (Å²) < 4.78 is 6.62. The first-order chi connectivity index (χ1) is 11.6. The van der Waals surface area contributed by atoms with Crippen molar-refractivity contribution in [2.24, 2.45) is 0 Å². The number of fused-ring (bicyclic) bond motifs is 1. The number of ether oxygens (including phenoxy) is 1. The summed E-state index contributed by atoms with van der Waals surface area (Å²) in [4.78, 5) is 28.4. The summed E-state index contributed by atoms with van der Waals surface area (Å²) in [5.41, 5.74) is 2.23. The van der Waals surface area contributed by atoms with E-state index in [2.05, 4.69) is 4.98 Å². The Hall–Kier alpha value is -3.46. The molecule has 118 valence electrons. The molecule has 0 aliphatic rings. The Morgan fingerprint density at radius 3 is 2.92 bits per heavy atom. The zero-order valence-electron chi connectivity index (χ0n) is 12.9. The van der Waals surface area contributed by atoms with Crippen molar-refractivity contribution in [2.75, 3.05) is 0 Å². The number of aromatic nitrogens is 2. The second kappa shape index (κ2) is 6.34. The minimum Gasteiger partial charge on any atom is -0.456 e. The normalized spacial score (nSPS) is 10.3. The van der Waals surface area contributed by atoms with Gasteiger partial charge in [-0.1, -0.05) is 12.1 Å². The molecule has 0 amide bonds. The lowest BCUT2D eigenvalue weighted by molar-refractivity contribution is 0.0467. The maximum absolute atomic E-state index is 12.1. The van der Waals surface area contributed by atoms with Crippen LogP contribution in [-0.2, 0) is 11.3 Å². The van der Waals surface area contributed by atoms with Crippen molar-refractivity contribution < 1.29 is 9.53 Å². The molecule has 0 spiro atoms. The molecular formula is C18H13N3O3. The number of rotatable bonds is 3. The van der Waals surface area contributed by atoms with Crippen LogP contribution in [0, 0.1) is 18.3 Å². The number of nitrogens with zero attached hydrogens (tertiary/aromatic N) is 3. The largest absolute Gasteiger partial charge is 0.456 e. The van der Waals surface area contributed by atoms with E-state index in [0.29, 0.717) is 16.9 Å². The number of hydrogen-bond acceptors (Lipinski definition) is 5. The highest BCUT2D eigenvalue weighted by atomic mass is 16.5. The number of carbonyl (C=O) groups is 1. The number of benzene rings is 1. The van der Waals surface area contributed by atoms with Crippen molar-refractivity contribution in [3.8, 4) is 6.07 Å². The van der Waals surface area contributed by atoms with Gasteiger partial charge in [0.15, 0.2) is 0 Å². The van der Waals surface area contributed by atoms with Crippen LogP contribution in [0.5, 0.6) is 0 Å². The summed E-state index contributed by atoms with van der Waals surface area (Å²) in [6.07, 6.45) is 1.70. The van der Waals surface area contributed by atoms with E-state index in [1.165, 1.54) is 16.5 Å². The quantitative estimate of drug-likeness (QED) is 0.691. The molecule has 0 bridgehead atoms. The second-order valence-electron chi connectivity index (χ2n) is 5.29. The molecule has 24 heavy (non-hydrogen) atoms. The van der Waals surface area contributed by atoms with Crippen LogP contribution in [0.15, 0.2) is 53.5 Å². The van der Waals surface area contributed by atoms with E-state index in [-0.39, 0.29) is 17.7 Å². The van der Waals surface area contributed by atoms with Gasteiger partial charge in [0.05, 0.1) is 22.9 Å². The Bertz CT molecular complexity index is 1030. The molecule has 0 fully saturated rings. The van der Waals surface area contributed by atoms with Crippen molar-refractivity contribution >= 4 is 11.6 Å². The van der Waals surface area contributed by atoms with Crippen molar-refractivity contribution in [3.05, 3.63) is 81.4 Å². The number of esters is 1. The standard InChI is InChI=1S/C18H13N3O3/c1-12-5-6-16-20-15(8-17(22)21(16)10-12)11-24-18(23)14-4-2-3-13(7-14)9-19/h2-8,10H,11H2,1H3. The number of pyridine rings is 1. The summed E-state index contributed by atoms with van der Waals surface area (Å²) in [7, 11) is 0. The van der Waals surface area contributed by atoms with Crippen molar-refractivity contribution in [1.29, 1.82) is 5.26 Å². The highest BCUT2D eigenvalue weighted by Gasteiger charge is 2.10. The van der Waals surface area contributed by atoms with E-state index in [0.717, 1.165) is 5.56 Å². The Morgan fingerprint density at radius 2 is 2.12 bits per heavy atom. The monoisotopic (exact) mass is 319 g/mol. The molecular weight excluding hydrogens is 306 g/mol. The van der Waals surface area contributed by atoms with Crippen LogP contribution < -0.4 is 5.56 Å². The van der Waals surface area contributed by atoms with Gasteiger partial charge in [-0.2, -0.15) is 5.26 Å². The third-order valence-electron chi connectivity index (χ3n) is 3.44. The number of nitriles is 1. The van der Waals surface area contributed by atoms with E-state index in [9.17, 15) is 9.59 Å². The average Bonchev–Trinajstić information content (AvgIpc) is 2.60. The fraction of sp³-hybridized carbons (Fsp3) is 0.111. The second-order valence-corrected chi connectivity index (χ2v) is 5.29. The SMILES string of the molecule is Cc1ccc2nc(COC(=O)c3cccc(C#N)c3)cc(=O)n2c1. The molecule has 6 nitrogen and oxygen atoms in total. The fourth-order valence-corrected chi connectivity index (χ4v) is 2.27. The molecule has 2 aromatic heterocycles. The third-order valence-corrected chi connectivity index (χ3v) is 3.44. The summed E-state index contributed by atoms with van der Waals surface area (Å²) in [5, 5.41) is 8.85.